The highest BCUT2D eigenvalue weighted by Gasteiger charge is 2.28. The molecule has 1 N–H and O–H groups in total. The van der Waals surface area contributed by atoms with Crippen molar-refractivity contribution in [2.45, 2.75) is 32.4 Å². The molecule has 1 nitrogen and oxygen atoms in total. The second-order valence-corrected chi connectivity index (χ2v) is 3.91. The average molecular weight is 195 g/mol. The quantitative estimate of drug-likeness (QED) is 0.727. The molecular weight excluding hydrogens is 179 g/mol. The Morgan fingerprint density at radius 2 is 2.00 bits per heavy atom. The van der Waals surface area contributed by atoms with E-state index in [2.05, 4.69) is 5.32 Å². The van der Waals surface area contributed by atoms with E-state index >= 15 is 0 Å². The molecule has 0 amide bonds. The SMILES string of the molecule is CC(CNCC(F)(F)F)C1CCC1. The van der Waals surface area contributed by atoms with E-state index in [1.165, 1.54) is 19.3 Å². The van der Waals surface area contributed by atoms with Gasteiger partial charge in [0.15, 0.2) is 0 Å². The predicted octanol–water partition coefficient (Wildman–Crippen LogP) is 2.57. The van der Waals surface area contributed by atoms with Crippen LogP contribution in [0.2, 0.25) is 0 Å². The van der Waals surface area contributed by atoms with Crippen LogP contribution in [-0.4, -0.2) is 19.3 Å². The predicted molar refractivity (Wildman–Crippen MR) is 45.4 cm³/mol. The van der Waals surface area contributed by atoms with Crippen molar-refractivity contribution in [2.75, 3.05) is 13.1 Å². The minimum atomic E-state index is -4.07. The first-order valence-electron chi connectivity index (χ1n) is 4.76. The Balaban J connectivity index is 2.04. The highest BCUT2D eigenvalue weighted by molar-refractivity contribution is 4.76. The van der Waals surface area contributed by atoms with Gasteiger partial charge in [-0.05, 0) is 18.4 Å². The van der Waals surface area contributed by atoms with Gasteiger partial charge >= 0.3 is 6.18 Å². The van der Waals surface area contributed by atoms with E-state index in [1.54, 1.807) is 0 Å². The molecule has 1 atom stereocenters. The maximum Gasteiger partial charge on any atom is 0.401 e. The van der Waals surface area contributed by atoms with Crippen molar-refractivity contribution in [3.8, 4) is 0 Å². The summed E-state index contributed by atoms with van der Waals surface area (Å²) in [6.45, 7) is 1.65. The summed E-state index contributed by atoms with van der Waals surface area (Å²) < 4.78 is 35.2. The first-order valence-corrected chi connectivity index (χ1v) is 4.76. The molecule has 0 radical (unpaired) electrons. The summed E-state index contributed by atoms with van der Waals surface area (Å²) in [4.78, 5) is 0. The van der Waals surface area contributed by atoms with Gasteiger partial charge in [-0.25, -0.2) is 0 Å². The van der Waals surface area contributed by atoms with E-state index in [4.69, 9.17) is 0 Å². The Morgan fingerprint density at radius 1 is 1.38 bits per heavy atom. The first kappa shape index (κ1) is 10.8. The van der Waals surface area contributed by atoms with Crippen LogP contribution in [0.3, 0.4) is 0 Å². The van der Waals surface area contributed by atoms with Gasteiger partial charge in [0.2, 0.25) is 0 Å². The molecule has 0 saturated heterocycles. The monoisotopic (exact) mass is 195 g/mol. The fourth-order valence-corrected chi connectivity index (χ4v) is 1.62. The van der Waals surface area contributed by atoms with Crippen LogP contribution in [0, 0.1) is 11.8 Å². The van der Waals surface area contributed by atoms with E-state index < -0.39 is 12.7 Å². The van der Waals surface area contributed by atoms with E-state index in [1.807, 2.05) is 6.92 Å². The lowest BCUT2D eigenvalue weighted by molar-refractivity contribution is -0.125. The summed E-state index contributed by atoms with van der Waals surface area (Å²) in [7, 11) is 0. The molecule has 0 bridgehead atoms. The molecule has 0 aliphatic heterocycles. The zero-order valence-electron chi connectivity index (χ0n) is 7.82. The molecule has 0 aromatic carbocycles. The molecule has 1 rings (SSSR count). The number of rotatable bonds is 4. The number of hydrogen-bond acceptors (Lipinski definition) is 1. The molecular formula is C9H16F3N. The lowest BCUT2D eigenvalue weighted by Gasteiger charge is -2.31. The van der Waals surface area contributed by atoms with Crippen LogP contribution >= 0.6 is 0 Å². The van der Waals surface area contributed by atoms with Gasteiger partial charge in [0, 0.05) is 0 Å². The lowest BCUT2D eigenvalue weighted by atomic mass is 9.77. The third kappa shape index (κ3) is 3.98. The van der Waals surface area contributed by atoms with Gasteiger partial charge < -0.3 is 5.32 Å². The highest BCUT2D eigenvalue weighted by Crippen LogP contribution is 2.32. The fourth-order valence-electron chi connectivity index (χ4n) is 1.62. The van der Waals surface area contributed by atoms with Crippen LogP contribution in [-0.2, 0) is 0 Å². The van der Waals surface area contributed by atoms with Crippen LogP contribution in [0.5, 0.6) is 0 Å². The zero-order valence-corrected chi connectivity index (χ0v) is 7.82. The van der Waals surface area contributed by atoms with Crippen LogP contribution < -0.4 is 5.32 Å². The molecule has 1 aliphatic carbocycles. The molecule has 1 saturated carbocycles. The summed E-state index contributed by atoms with van der Waals surface area (Å²) in [5, 5.41) is 2.45. The van der Waals surface area contributed by atoms with E-state index in [0.717, 1.165) is 0 Å². The molecule has 0 aromatic rings. The van der Waals surface area contributed by atoms with Crippen molar-refractivity contribution in [2.24, 2.45) is 11.8 Å². The third-order valence-electron chi connectivity index (χ3n) is 2.75. The number of hydrogen-bond donors (Lipinski definition) is 1. The molecule has 13 heavy (non-hydrogen) atoms. The molecule has 0 spiro atoms. The van der Waals surface area contributed by atoms with Crippen LogP contribution in [0.15, 0.2) is 0 Å². The summed E-state index contributed by atoms with van der Waals surface area (Å²) in [6, 6.07) is 0. The van der Waals surface area contributed by atoms with Gasteiger partial charge in [-0.3, -0.25) is 0 Å². The Kier molecular flexibility index (Phi) is 3.59. The topological polar surface area (TPSA) is 12.0 Å². The molecule has 1 unspecified atom stereocenters. The van der Waals surface area contributed by atoms with Crippen LogP contribution in [0.4, 0.5) is 13.2 Å². The minimum absolute atomic E-state index is 0.385. The van der Waals surface area contributed by atoms with E-state index in [0.29, 0.717) is 18.4 Å². The molecule has 4 heteroatoms. The van der Waals surface area contributed by atoms with Crippen molar-refractivity contribution in [1.82, 2.24) is 5.32 Å². The van der Waals surface area contributed by atoms with Crippen molar-refractivity contribution in [3.05, 3.63) is 0 Å². The van der Waals surface area contributed by atoms with Crippen LogP contribution in [0.1, 0.15) is 26.2 Å². The van der Waals surface area contributed by atoms with Crippen molar-refractivity contribution in [1.29, 1.82) is 0 Å². The Labute approximate surface area is 76.7 Å². The summed E-state index contributed by atoms with van der Waals surface area (Å²) in [6.07, 6.45) is -0.447. The Hall–Kier alpha value is -0.250. The lowest BCUT2D eigenvalue weighted by Crippen LogP contribution is -2.35. The highest BCUT2D eigenvalue weighted by atomic mass is 19.4. The van der Waals surface area contributed by atoms with Crippen molar-refractivity contribution < 1.29 is 13.2 Å². The summed E-state index contributed by atoms with van der Waals surface area (Å²) in [5.41, 5.74) is 0. The average Bonchev–Trinajstić information content (AvgIpc) is 1.79. The van der Waals surface area contributed by atoms with Gasteiger partial charge in [-0.2, -0.15) is 13.2 Å². The van der Waals surface area contributed by atoms with Crippen molar-refractivity contribution in [3.63, 3.8) is 0 Å². The first-order chi connectivity index (χ1) is 5.99. The maximum atomic E-state index is 11.7. The van der Waals surface area contributed by atoms with Gasteiger partial charge in [0.05, 0.1) is 6.54 Å². The number of alkyl halides is 3. The normalized spacial score (nSPS) is 21.2. The fraction of sp³-hybridized carbons (Fsp3) is 1.00. The summed E-state index contributed by atoms with van der Waals surface area (Å²) in [5.74, 6) is 1.04. The van der Waals surface area contributed by atoms with Crippen LogP contribution in [0.25, 0.3) is 0 Å². The van der Waals surface area contributed by atoms with Crippen molar-refractivity contribution >= 4 is 0 Å². The standard InChI is InChI=1S/C9H16F3N/c1-7(8-3-2-4-8)5-13-6-9(10,11)12/h7-8,13H,2-6H2,1H3. The van der Waals surface area contributed by atoms with Gasteiger partial charge in [-0.15, -0.1) is 0 Å². The smallest absolute Gasteiger partial charge is 0.308 e. The zero-order chi connectivity index (χ0) is 9.90. The second kappa shape index (κ2) is 4.31. The van der Waals surface area contributed by atoms with E-state index in [-0.39, 0.29) is 0 Å². The van der Waals surface area contributed by atoms with Gasteiger partial charge in [0.1, 0.15) is 0 Å². The number of halogens is 3. The van der Waals surface area contributed by atoms with Gasteiger partial charge in [-0.1, -0.05) is 26.2 Å². The van der Waals surface area contributed by atoms with E-state index in [9.17, 15) is 13.2 Å². The largest absolute Gasteiger partial charge is 0.401 e. The Morgan fingerprint density at radius 3 is 2.38 bits per heavy atom. The molecule has 0 aromatic heterocycles. The molecule has 0 heterocycles. The number of nitrogens with one attached hydrogen (secondary N) is 1. The Bertz CT molecular complexity index is 151. The molecule has 1 fully saturated rings. The summed E-state index contributed by atoms with van der Waals surface area (Å²) >= 11 is 0. The maximum absolute atomic E-state index is 11.7. The molecule has 1 aliphatic rings. The second-order valence-electron chi connectivity index (χ2n) is 3.91. The van der Waals surface area contributed by atoms with Gasteiger partial charge in [0.25, 0.3) is 0 Å². The third-order valence-corrected chi connectivity index (χ3v) is 2.75. The molecule has 78 valence electrons. The minimum Gasteiger partial charge on any atom is -0.308 e.